The highest BCUT2D eigenvalue weighted by atomic mass is 16.1. The summed E-state index contributed by atoms with van der Waals surface area (Å²) in [5.41, 5.74) is 0.273. The number of carbonyl (C=O) groups excluding carboxylic acids is 1. The van der Waals surface area contributed by atoms with Crippen LogP contribution in [-0.2, 0) is 11.3 Å². The Morgan fingerprint density at radius 3 is 2.75 bits per heavy atom. The Labute approximate surface area is 97.0 Å². The van der Waals surface area contributed by atoms with Gasteiger partial charge in [-0.3, -0.25) is 9.48 Å². The normalized spacial score (nSPS) is 11.4. The fraction of sp³-hybridized carbons (Fsp3) is 0.667. The van der Waals surface area contributed by atoms with Gasteiger partial charge in [0.25, 0.3) is 0 Å². The maximum absolute atomic E-state index is 11.5. The van der Waals surface area contributed by atoms with Crippen LogP contribution in [0.4, 0.5) is 0 Å². The lowest BCUT2D eigenvalue weighted by atomic mass is 9.92. The number of nitrogens with one attached hydrogen (secondary N) is 1. The summed E-state index contributed by atoms with van der Waals surface area (Å²) in [5, 5.41) is 6.97. The molecule has 1 aromatic heterocycles. The zero-order valence-electron chi connectivity index (χ0n) is 10.4. The number of aryl methyl sites for hydroxylation is 1. The van der Waals surface area contributed by atoms with Crippen LogP contribution in [-0.4, -0.2) is 22.2 Å². The van der Waals surface area contributed by atoms with E-state index < -0.39 is 0 Å². The lowest BCUT2D eigenvalue weighted by Gasteiger charge is -2.17. The van der Waals surface area contributed by atoms with Crippen LogP contribution in [0.3, 0.4) is 0 Å². The predicted octanol–water partition coefficient (Wildman–Crippen LogP) is 1.83. The van der Waals surface area contributed by atoms with Crippen LogP contribution in [0.1, 0.15) is 33.6 Å². The van der Waals surface area contributed by atoms with E-state index in [0.29, 0.717) is 13.0 Å². The van der Waals surface area contributed by atoms with Crippen molar-refractivity contribution in [2.45, 2.75) is 40.2 Å². The first kappa shape index (κ1) is 12.7. The van der Waals surface area contributed by atoms with Gasteiger partial charge in [0.15, 0.2) is 0 Å². The molecule has 1 heterocycles. The average molecular weight is 223 g/mol. The van der Waals surface area contributed by atoms with Gasteiger partial charge in [0.05, 0.1) is 0 Å². The van der Waals surface area contributed by atoms with Crippen molar-refractivity contribution < 1.29 is 4.79 Å². The van der Waals surface area contributed by atoms with Crippen molar-refractivity contribution in [1.29, 1.82) is 0 Å². The number of hydrogen-bond donors (Lipinski definition) is 1. The molecule has 0 fully saturated rings. The summed E-state index contributed by atoms with van der Waals surface area (Å²) in [4.78, 5) is 11.5. The fourth-order valence-corrected chi connectivity index (χ4v) is 1.31. The van der Waals surface area contributed by atoms with E-state index in [1.807, 2.05) is 12.3 Å². The van der Waals surface area contributed by atoms with E-state index in [9.17, 15) is 4.79 Å². The van der Waals surface area contributed by atoms with Gasteiger partial charge < -0.3 is 5.32 Å². The monoisotopic (exact) mass is 223 g/mol. The second-order valence-corrected chi connectivity index (χ2v) is 5.18. The van der Waals surface area contributed by atoms with Crippen molar-refractivity contribution in [2.75, 3.05) is 6.54 Å². The number of carbonyl (C=O) groups is 1. The Kier molecular flexibility index (Phi) is 4.52. The molecule has 0 radical (unpaired) electrons. The van der Waals surface area contributed by atoms with E-state index in [2.05, 4.69) is 31.2 Å². The zero-order valence-corrected chi connectivity index (χ0v) is 10.4. The minimum Gasteiger partial charge on any atom is -0.356 e. The average Bonchev–Trinajstić information content (AvgIpc) is 2.65. The van der Waals surface area contributed by atoms with Crippen LogP contribution >= 0.6 is 0 Å². The largest absolute Gasteiger partial charge is 0.356 e. The standard InChI is InChI=1S/C12H21N3O/c1-12(2,3)6-8-13-11(16)5-10-15-9-4-7-14-15/h4,7,9H,5-6,8,10H2,1-3H3,(H,13,16). The topological polar surface area (TPSA) is 46.9 Å². The molecule has 4 nitrogen and oxygen atoms in total. The van der Waals surface area contributed by atoms with Crippen molar-refractivity contribution >= 4 is 5.91 Å². The quantitative estimate of drug-likeness (QED) is 0.827. The first-order valence-corrected chi connectivity index (χ1v) is 5.71. The molecule has 0 unspecified atom stereocenters. The minimum absolute atomic E-state index is 0.0970. The fourth-order valence-electron chi connectivity index (χ4n) is 1.31. The van der Waals surface area contributed by atoms with E-state index in [1.54, 1.807) is 10.9 Å². The molecule has 0 aliphatic rings. The van der Waals surface area contributed by atoms with Gasteiger partial charge >= 0.3 is 0 Å². The number of nitrogens with zero attached hydrogens (tertiary/aromatic N) is 2. The van der Waals surface area contributed by atoms with Crippen molar-refractivity contribution in [3.63, 3.8) is 0 Å². The minimum atomic E-state index is 0.0970. The summed E-state index contributed by atoms with van der Waals surface area (Å²) in [6.45, 7) is 7.91. The van der Waals surface area contributed by atoms with Crippen LogP contribution in [0.25, 0.3) is 0 Å². The summed E-state index contributed by atoms with van der Waals surface area (Å²) in [6.07, 6.45) is 5.08. The van der Waals surface area contributed by atoms with Gasteiger partial charge in [-0.25, -0.2) is 0 Å². The molecule has 0 saturated heterocycles. The van der Waals surface area contributed by atoms with E-state index in [1.165, 1.54) is 0 Å². The number of rotatable bonds is 5. The molecule has 1 rings (SSSR count). The number of hydrogen-bond acceptors (Lipinski definition) is 2. The van der Waals surface area contributed by atoms with Crippen molar-refractivity contribution in [1.82, 2.24) is 15.1 Å². The molecule has 0 aromatic carbocycles. The van der Waals surface area contributed by atoms with E-state index >= 15 is 0 Å². The first-order chi connectivity index (χ1) is 7.47. The third-order valence-electron chi connectivity index (χ3n) is 2.32. The van der Waals surface area contributed by atoms with Gasteiger partial charge in [-0.05, 0) is 17.9 Å². The van der Waals surface area contributed by atoms with Gasteiger partial charge in [-0.2, -0.15) is 5.10 Å². The van der Waals surface area contributed by atoms with Crippen LogP contribution in [0.5, 0.6) is 0 Å². The van der Waals surface area contributed by atoms with Crippen LogP contribution < -0.4 is 5.32 Å². The van der Waals surface area contributed by atoms with E-state index in [0.717, 1.165) is 13.0 Å². The van der Waals surface area contributed by atoms with Crippen LogP contribution in [0.2, 0.25) is 0 Å². The van der Waals surface area contributed by atoms with Crippen molar-refractivity contribution in [2.24, 2.45) is 5.41 Å². The van der Waals surface area contributed by atoms with E-state index in [-0.39, 0.29) is 11.3 Å². The summed E-state index contributed by atoms with van der Waals surface area (Å²) < 4.78 is 1.77. The van der Waals surface area contributed by atoms with Gasteiger partial charge in [-0.1, -0.05) is 20.8 Å². The highest BCUT2D eigenvalue weighted by Gasteiger charge is 2.10. The van der Waals surface area contributed by atoms with Crippen molar-refractivity contribution in [3.05, 3.63) is 18.5 Å². The van der Waals surface area contributed by atoms with Gasteiger partial charge in [0.2, 0.25) is 5.91 Å². The Bertz CT molecular complexity index is 312. The molecule has 0 spiro atoms. The smallest absolute Gasteiger partial charge is 0.221 e. The summed E-state index contributed by atoms with van der Waals surface area (Å²) in [6, 6.07) is 1.86. The molecule has 0 aliphatic carbocycles. The lowest BCUT2D eigenvalue weighted by Crippen LogP contribution is -2.28. The second kappa shape index (κ2) is 5.68. The molecule has 16 heavy (non-hydrogen) atoms. The molecule has 1 amide bonds. The lowest BCUT2D eigenvalue weighted by molar-refractivity contribution is -0.121. The highest BCUT2D eigenvalue weighted by Crippen LogP contribution is 2.16. The highest BCUT2D eigenvalue weighted by molar-refractivity contribution is 5.75. The molecule has 0 atom stereocenters. The molecule has 4 heteroatoms. The summed E-state index contributed by atoms with van der Waals surface area (Å²) >= 11 is 0. The van der Waals surface area contributed by atoms with Crippen molar-refractivity contribution in [3.8, 4) is 0 Å². The molecular weight excluding hydrogens is 202 g/mol. The number of amides is 1. The summed E-state index contributed by atoms with van der Waals surface area (Å²) in [5.74, 6) is 0.0970. The maximum Gasteiger partial charge on any atom is 0.221 e. The molecule has 90 valence electrons. The third kappa shape index (κ3) is 5.53. The van der Waals surface area contributed by atoms with Crippen LogP contribution in [0, 0.1) is 5.41 Å². The van der Waals surface area contributed by atoms with Crippen LogP contribution in [0.15, 0.2) is 18.5 Å². The molecular formula is C12H21N3O. The molecule has 0 bridgehead atoms. The molecule has 1 aromatic rings. The Balaban J connectivity index is 2.12. The van der Waals surface area contributed by atoms with Gasteiger partial charge in [0.1, 0.15) is 0 Å². The SMILES string of the molecule is CC(C)(C)CCNC(=O)CCn1cccn1. The molecule has 1 N–H and O–H groups in total. The predicted molar refractivity (Wildman–Crippen MR) is 63.9 cm³/mol. The molecule has 0 aliphatic heterocycles. The maximum atomic E-state index is 11.5. The first-order valence-electron chi connectivity index (χ1n) is 5.71. The Morgan fingerprint density at radius 2 is 2.19 bits per heavy atom. The Hall–Kier alpha value is -1.32. The third-order valence-corrected chi connectivity index (χ3v) is 2.32. The number of aromatic nitrogens is 2. The van der Waals surface area contributed by atoms with Gasteiger partial charge in [0, 0.05) is 31.9 Å². The second-order valence-electron chi connectivity index (χ2n) is 5.18. The molecule has 0 saturated carbocycles. The Morgan fingerprint density at radius 1 is 1.44 bits per heavy atom. The van der Waals surface area contributed by atoms with Gasteiger partial charge in [-0.15, -0.1) is 0 Å². The van der Waals surface area contributed by atoms with E-state index in [4.69, 9.17) is 0 Å². The summed E-state index contributed by atoms with van der Waals surface area (Å²) in [7, 11) is 0. The zero-order chi connectivity index (χ0) is 12.0.